The van der Waals surface area contributed by atoms with Crippen molar-refractivity contribution in [1.29, 1.82) is 0 Å². The second kappa shape index (κ2) is 9.25. The third kappa shape index (κ3) is 6.65. The van der Waals surface area contributed by atoms with Gasteiger partial charge in [-0.25, -0.2) is 0 Å². The lowest BCUT2D eigenvalue weighted by Gasteiger charge is -2.07. The first-order valence-electron chi connectivity index (χ1n) is 7.70. The Bertz CT molecular complexity index is 631. The van der Waals surface area contributed by atoms with Crippen LogP contribution in [-0.2, 0) is 12.8 Å². The molecule has 0 aromatic heterocycles. The molecule has 0 saturated heterocycles. The highest BCUT2D eigenvalue weighted by Gasteiger charge is 1.98. The second-order valence-corrected chi connectivity index (χ2v) is 5.14. The molecule has 0 unspecified atom stereocenters. The van der Waals surface area contributed by atoms with Gasteiger partial charge in [0, 0.05) is 13.1 Å². The van der Waals surface area contributed by atoms with Gasteiger partial charge in [-0.1, -0.05) is 60.7 Å². The monoisotopic (exact) mass is 309 g/mol. The molecule has 0 bridgehead atoms. The van der Waals surface area contributed by atoms with Crippen LogP contribution in [0.25, 0.3) is 0 Å². The SMILES string of the molecule is NC(N)=NC(=NCCc1ccccc1)NCCc1ccccc1. The Balaban J connectivity index is 1.86. The molecule has 2 aromatic rings. The molecule has 0 fully saturated rings. The minimum Gasteiger partial charge on any atom is -0.370 e. The first kappa shape index (κ1) is 16.5. The summed E-state index contributed by atoms with van der Waals surface area (Å²) in [6.45, 7) is 1.36. The molecule has 120 valence electrons. The maximum absolute atomic E-state index is 5.47. The lowest BCUT2D eigenvalue weighted by Crippen LogP contribution is -2.31. The molecule has 0 amide bonds. The van der Waals surface area contributed by atoms with E-state index in [1.54, 1.807) is 0 Å². The van der Waals surface area contributed by atoms with Crippen molar-refractivity contribution in [3.8, 4) is 0 Å². The third-order valence-corrected chi connectivity index (χ3v) is 3.28. The van der Waals surface area contributed by atoms with Gasteiger partial charge in [-0.2, -0.15) is 4.99 Å². The van der Waals surface area contributed by atoms with Crippen LogP contribution in [0, 0.1) is 0 Å². The van der Waals surface area contributed by atoms with Crippen LogP contribution < -0.4 is 16.8 Å². The summed E-state index contributed by atoms with van der Waals surface area (Å²) in [6.07, 6.45) is 1.74. The van der Waals surface area contributed by atoms with Gasteiger partial charge in [0.2, 0.25) is 5.96 Å². The first-order valence-corrected chi connectivity index (χ1v) is 7.70. The van der Waals surface area contributed by atoms with Gasteiger partial charge in [-0.3, -0.25) is 4.99 Å². The van der Waals surface area contributed by atoms with Gasteiger partial charge in [-0.15, -0.1) is 0 Å². The molecule has 2 aromatic carbocycles. The van der Waals surface area contributed by atoms with Gasteiger partial charge < -0.3 is 16.8 Å². The number of guanidine groups is 2. The zero-order chi connectivity index (χ0) is 16.3. The van der Waals surface area contributed by atoms with Crippen molar-refractivity contribution < 1.29 is 0 Å². The lowest BCUT2D eigenvalue weighted by molar-refractivity contribution is 0.843. The van der Waals surface area contributed by atoms with Crippen molar-refractivity contribution in [2.24, 2.45) is 21.5 Å². The largest absolute Gasteiger partial charge is 0.370 e. The molecule has 5 nitrogen and oxygen atoms in total. The van der Waals surface area contributed by atoms with E-state index in [0.717, 1.165) is 19.4 Å². The summed E-state index contributed by atoms with van der Waals surface area (Å²) < 4.78 is 0. The van der Waals surface area contributed by atoms with Crippen LogP contribution in [-0.4, -0.2) is 25.0 Å². The van der Waals surface area contributed by atoms with Gasteiger partial charge in [0.05, 0.1) is 0 Å². The predicted octanol–water partition coefficient (Wildman–Crippen LogP) is 1.69. The zero-order valence-electron chi connectivity index (χ0n) is 13.2. The Morgan fingerprint density at radius 1 is 0.826 bits per heavy atom. The molecule has 2 rings (SSSR count). The Kier molecular flexibility index (Phi) is 6.65. The molecule has 0 aliphatic carbocycles. The fourth-order valence-corrected chi connectivity index (χ4v) is 2.15. The molecule has 0 aliphatic heterocycles. The average Bonchev–Trinajstić information content (AvgIpc) is 2.56. The molecule has 23 heavy (non-hydrogen) atoms. The second-order valence-electron chi connectivity index (χ2n) is 5.14. The fraction of sp³-hybridized carbons (Fsp3) is 0.222. The van der Waals surface area contributed by atoms with Gasteiger partial charge in [-0.05, 0) is 24.0 Å². The van der Waals surface area contributed by atoms with Crippen LogP contribution in [0.4, 0.5) is 0 Å². The Morgan fingerprint density at radius 2 is 1.39 bits per heavy atom. The summed E-state index contributed by atoms with van der Waals surface area (Å²) in [6, 6.07) is 20.5. The Morgan fingerprint density at radius 3 is 1.96 bits per heavy atom. The minimum atomic E-state index is 0.00988. The summed E-state index contributed by atoms with van der Waals surface area (Å²) >= 11 is 0. The Hall–Kier alpha value is -2.82. The number of hydrogen-bond acceptors (Lipinski definition) is 1. The molecule has 0 heterocycles. The third-order valence-electron chi connectivity index (χ3n) is 3.28. The molecule has 0 spiro atoms. The maximum atomic E-state index is 5.47. The number of nitrogens with one attached hydrogen (secondary N) is 1. The molecule has 0 radical (unpaired) electrons. The van der Waals surface area contributed by atoms with Crippen LogP contribution in [0.15, 0.2) is 70.6 Å². The van der Waals surface area contributed by atoms with Crippen molar-refractivity contribution in [1.82, 2.24) is 5.32 Å². The fourth-order valence-electron chi connectivity index (χ4n) is 2.15. The number of nitrogens with two attached hydrogens (primary N) is 2. The van der Waals surface area contributed by atoms with E-state index in [9.17, 15) is 0 Å². The minimum absolute atomic E-state index is 0.00988. The highest BCUT2D eigenvalue weighted by atomic mass is 15.2. The van der Waals surface area contributed by atoms with E-state index < -0.39 is 0 Å². The van der Waals surface area contributed by atoms with Crippen LogP contribution >= 0.6 is 0 Å². The van der Waals surface area contributed by atoms with E-state index >= 15 is 0 Å². The highest BCUT2D eigenvalue weighted by Crippen LogP contribution is 2.00. The summed E-state index contributed by atoms with van der Waals surface area (Å²) in [5.74, 6) is 0.493. The number of aliphatic imine (C=N–C) groups is 2. The van der Waals surface area contributed by atoms with Gasteiger partial charge >= 0.3 is 0 Å². The van der Waals surface area contributed by atoms with Crippen LogP contribution in [0.1, 0.15) is 11.1 Å². The molecule has 0 saturated carbocycles. The lowest BCUT2D eigenvalue weighted by atomic mass is 10.1. The molecule has 5 heteroatoms. The number of nitrogens with zero attached hydrogens (tertiary/aromatic N) is 2. The van der Waals surface area contributed by atoms with Crippen molar-refractivity contribution in [2.45, 2.75) is 12.8 Å². The first-order chi connectivity index (χ1) is 11.2. The van der Waals surface area contributed by atoms with E-state index in [-0.39, 0.29) is 5.96 Å². The highest BCUT2D eigenvalue weighted by molar-refractivity contribution is 5.93. The van der Waals surface area contributed by atoms with Crippen molar-refractivity contribution in [3.05, 3.63) is 71.8 Å². The Labute approximate surface area is 137 Å². The molecular weight excluding hydrogens is 286 g/mol. The van der Waals surface area contributed by atoms with E-state index in [1.165, 1.54) is 11.1 Å². The van der Waals surface area contributed by atoms with Crippen molar-refractivity contribution >= 4 is 11.9 Å². The van der Waals surface area contributed by atoms with E-state index in [4.69, 9.17) is 11.5 Å². The van der Waals surface area contributed by atoms with E-state index in [1.807, 2.05) is 36.4 Å². The normalized spacial score (nSPS) is 11.0. The van der Waals surface area contributed by atoms with Gasteiger partial charge in [0.15, 0.2) is 5.96 Å². The average molecular weight is 309 g/mol. The molecule has 5 N–H and O–H groups in total. The molecular formula is C18H23N5. The van der Waals surface area contributed by atoms with Crippen LogP contribution in [0.3, 0.4) is 0 Å². The zero-order valence-corrected chi connectivity index (χ0v) is 13.2. The summed E-state index contributed by atoms with van der Waals surface area (Å²) in [5.41, 5.74) is 13.4. The van der Waals surface area contributed by atoms with Crippen LogP contribution in [0.5, 0.6) is 0 Å². The molecule has 0 atom stereocenters. The quantitative estimate of drug-likeness (QED) is 0.560. The standard InChI is InChI=1S/C18H23N5/c19-17(20)23-18(21-13-11-15-7-3-1-4-8-15)22-14-12-16-9-5-2-6-10-16/h1-10H,11-14H2,(H5,19,20,21,22,23). The van der Waals surface area contributed by atoms with E-state index in [0.29, 0.717) is 12.5 Å². The predicted molar refractivity (Wildman–Crippen MR) is 96.4 cm³/mol. The summed E-state index contributed by atoms with van der Waals surface area (Å²) in [7, 11) is 0. The van der Waals surface area contributed by atoms with Crippen molar-refractivity contribution in [3.63, 3.8) is 0 Å². The topological polar surface area (TPSA) is 88.8 Å². The number of rotatable bonds is 6. The number of hydrogen-bond donors (Lipinski definition) is 3. The van der Waals surface area contributed by atoms with Gasteiger partial charge in [0.25, 0.3) is 0 Å². The number of benzene rings is 2. The van der Waals surface area contributed by atoms with Crippen molar-refractivity contribution in [2.75, 3.05) is 13.1 Å². The molecule has 0 aliphatic rings. The smallest absolute Gasteiger partial charge is 0.221 e. The van der Waals surface area contributed by atoms with Crippen LogP contribution in [0.2, 0.25) is 0 Å². The van der Waals surface area contributed by atoms with E-state index in [2.05, 4.69) is 39.6 Å². The van der Waals surface area contributed by atoms with Gasteiger partial charge in [0.1, 0.15) is 0 Å². The summed E-state index contributed by atoms with van der Waals surface area (Å²) in [5, 5.41) is 3.19. The summed E-state index contributed by atoms with van der Waals surface area (Å²) in [4.78, 5) is 8.50. The maximum Gasteiger partial charge on any atom is 0.221 e.